The largest absolute Gasteiger partial charge is 0.273 e. The zero-order valence-electron chi connectivity index (χ0n) is 5.63. The summed E-state index contributed by atoms with van der Waals surface area (Å²) < 4.78 is 1.85. The Hall–Kier alpha value is -0.440. The second-order valence-electron chi connectivity index (χ2n) is 2.06. The molecule has 1 heterocycles. The quantitative estimate of drug-likeness (QED) is 0.582. The molecule has 50 valence electrons. The third-order valence-corrected chi connectivity index (χ3v) is 1.65. The van der Waals surface area contributed by atoms with Crippen molar-refractivity contribution < 1.29 is 0 Å². The molecular weight excluding hydrogens is 132 g/mol. The number of rotatable bonds is 1. The SMILES string of the molecule is Cc1cc(CS)nn1C. The molecule has 0 aliphatic carbocycles. The van der Waals surface area contributed by atoms with Gasteiger partial charge < -0.3 is 0 Å². The van der Waals surface area contributed by atoms with E-state index in [9.17, 15) is 0 Å². The van der Waals surface area contributed by atoms with Gasteiger partial charge in [0.25, 0.3) is 0 Å². The Balaban J connectivity index is 2.98. The van der Waals surface area contributed by atoms with Crippen LogP contribution in [0.15, 0.2) is 6.07 Å². The minimum Gasteiger partial charge on any atom is -0.273 e. The fourth-order valence-corrected chi connectivity index (χ4v) is 0.867. The van der Waals surface area contributed by atoms with Crippen LogP contribution in [0, 0.1) is 6.92 Å². The molecule has 1 aromatic heterocycles. The van der Waals surface area contributed by atoms with E-state index >= 15 is 0 Å². The summed E-state index contributed by atoms with van der Waals surface area (Å²) in [7, 11) is 1.93. The van der Waals surface area contributed by atoms with Crippen molar-refractivity contribution in [1.29, 1.82) is 0 Å². The average Bonchev–Trinajstić information content (AvgIpc) is 2.13. The smallest absolute Gasteiger partial charge is 0.0723 e. The lowest BCUT2D eigenvalue weighted by Gasteiger charge is -1.88. The van der Waals surface area contributed by atoms with E-state index in [1.807, 2.05) is 24.7 Å². The van der Waals surface area contributed by atoms with Gasteiger partial charge in [-0.1, -0.05) is 0 Å². The molecule has 0 N–H and O–H groups in total. The van der Waals surface area contributed by atoms with Gasteiger partial charge in [-0.05, 0) is 13.0 Å². The lowest BCUT2D eigenvalue weighted by molar-refractivity contribution is 0.730. The first-order valence-electron chi connectivity index (χ1n) is 2.84. The summed E-state index contributed by atoms with van der Waals surface area (Å²) in [5.41, 5.74) is 2.22. The van der Waals surface area contributed by atoms with Crippen molar-refractivity contribution in [1.82, 2.24) is 9.78 Å². The van der Waals surface area contributed by atoms with Gasteiger partial charge in [0.15, 0.2) is 0 Å². The van der Waals surface area contributed by atoms with Crippen LogP contribution in [0.5, 0.6) is 0 Å². The fraction of sp³-hybridized carbons (Fsp3) is 0.500. The summed E-state index contributed by atoms with van der Waals surface area (Å²) in [4.78, 5) is 0. The van der Waals surface area contributed by atoms with Crippen LogP contribution in [0.1, 0.15) is 11.4 Å². The van der Waals surface area contributed by atoms with Crippen LogP contribution in [-0.2, 0) is 12.8 Å². The maximum absolute atomic E-state index is 4.17. The molecule has 0 bridgehead atoms. The van der Waals surface area contributed by atoms with Crippen LogP contribution < -0.4 is 0 Å². The number of hydrogen-bond donors (Lipinski definition) is 1. The second kappa shape index (κ2) is 2.43. The molecule has 0 unspecified atom stereocenters. The van der Waals surface area contributed by atoms with E-state index in [1.54, 1.807) is 0 Å². The molecule has 1 aromatic rings. The molecule has 0 saturated carbocycles. The Morgan fingerprint density at radius 2 is 2.44 bits per heavy atom. The summed E-state index contributed by atoms with van der Waals surface area (Å²) in [6.07, 6.45) is 0. The third-order valence-electron chi connectivity index (χ3n) is 1.33. The number of aryl methyl sites for hydroxylation is 2. The summed E-state index contributed by atoms with van der Waals surface area (Å²) in [6, 6.07) is 2.03. The molecule has 2 nitrogen and oxygen atoms in total. The summed E-state index contributed by atoms with van der Waals surface area (Å²) in [5, 5.41) is 4.17. The number of nitrogens with zero attached hydrogens (tertiary/aromatic N) is 2. The number of aromatic nitrogens is 2. The van der Waals surface area contributed by atoms with E-state index in [-0.39, 0.29) is 0 Å². The molecule has 0 spiro atoms. The molecule has 9 heavy (non-hydrogen) atoms. The standard InChI is InChI=1S/C6H10N2S/c1-5-3-6(4-9)7-8(5)2/h3,9H,4H2,1-2H3. The summed E-state index contributed by atoms with van der Waals surface area (Å²) in [6.45, 7) is 2.03. The first kappa shape index (κ1) is 6.68. The second-order valence-corrected chi connectivity index (χ2v) is 2.38. The Kier molecular flexibility index (Phi) is 1.81. The van der Waals surface area contributed by atoms with E-state index in [0.717, 1.165) is 11.4 Å². The highest BCUT2D eigenvalue weighted by Crippen LogP contribution is 2.02. The van der Waals surface area contributed by atoms with Gasteiger partial charge in [-0.2, -0.15) is 17.7 Å². The average molecular weight is 142 g/mol. The van der Waals surface area contributed by atoms with Crippen molar-refractivity contribution in [3.8, 4) is 0 Å². The Bertz CT molecular complexity index is 185. The Morgan fingerprint density at radius 3 is 2.67 bits per heavy atom. The molecule has 0 aliphatic rings. The molecule has 0 fully saturated rings. The van der Waals surface area contributed by atoms with Crippen LogP contribution in [-0.4, -0.2) is 9.78 Å². The van der Waals surface area contributed by atoms with Crippen LogP contribution in [0.2, 0.25) is 0 Å². The molecule has 0 amide bonds. The topological polar surface area (TPSA) is 17.8 Å². The predicted octanol–water partition coefficient (Wildman–Crippen LogP) is 1.16. The number of hydrogen-bond acceptors (Lipinski definition) is 2. The van der Waals surface area contributed by atoms with Crippen molar-refractivity contribution in [3.05, 3.63) is 17.5 Å². The van der Waals surface area contributed by atoms with Crippen molar-refractivity contribution >= 4 is 12.6 Å². The zero-order valence-corrected chi connectivity index (χ0v) is 6.52. The highest BCUT2D eigenvalue weighted by molar-refractivity contribution is 7.79. The fourth-order valence-electron chi connectivity index (χ4n) is 0.712. The van der Waals surface area contributed by atoms with Crippen molar-refractivity contribution in [3.63, 3.8) is 0 Å². The van der Waals surface area contributed by atoms with Gasteiger partial charge in [0, 0.05) is 18.5 Å². The zero-order chi connectivity index (χ0) is 6.85. The lowest BCUT2D eigenvalue weighted by Crippen LogP contribution is -1.92. The van der Waals surface area contributed by atoms with Crippen LogP contribution >= 0.6 is 12.6 Å². The molecule has 3 heteroatoms. The van der Waals surface area contributed by atoms with E-state index in [0.29, 0.717) is 0 Å². The van der Waals surface area contributed by atoms with Gasteiger partial charge in [-0.25, -0.2) is 0 Å². The van der Waals surface area contributed by atoms with Crippen molar-refractivity contribution in [2.45, 2.75) is 12.7 Å². The highest BCUT2D eigenvalue weighted by atomic mass is 32.1. The highest BCUT2D eigenvalue weighted by Gasteiger charge is 1.96. The summed E-state index contributed by atoms with van der Waals surface area (Å²) >= 11 is 4.09. The Labute approximate surface area is 60.3 Å². The minimum absolute atomic E-state index is 0.724. The van der Waals surface area contributed by atoms with Crippen molar-refractivity contribution in [2.24, 2.45) is 7.05 Å². The lowest BCUT2D eigenvalue weighted by atomic mass is 10.4. The molecular formula is C6H10N2S. The Morgan fingerprint density at radius 1 is 1.78 bits per heavy atom. The molecule has 1 rings (SSSR count). The first-order chi connectivity index (χ1) is 4.24. The van der Waals surface area contributed by atoms with Crippen LogP contribution in [0.4, 0.5) is 0 Å². The summed E-state index contributed by atoms with van der Waals surface area (Å²) in [5.74, 6) is 0.724. The van der Waals surface area contributed by atoms with Gasteiger partial charge in [0.2, 0.25) is 0 Å². The first-order valence-corrected chi connectivity index (χ1v) is 3.47. The van der Waals surface area contributed by atoms with E-state index in [2.05, 4.69) is 17.7 Å². The maximum atomic E-state index is 4.17. The van der Waals surface area contributed by atoms with Gasteiger partial charge >= 0.3 is 0 Å². The van der Waals surface area contributed by atoms with Gasteiger partial charge in [0.05, 0.1) is 5.69 Å². The molecule has 0 atom stereocenters. The van der Waals surface area contributed by atoms with Gasteiger partial charge in [0.1, 0.15) is 0 Å². The minimum atomic E-state index is 0.724. The van der Waals surface area contributed by atoms with E-state index in [1.165, 1.54) is 5.69 Å². The number of thiol groups is 1. The molecule has 0 aliphatic heterocycles. The monoisotopic (exact) mass is 142 g/mol. The third kappa shape index (κ3) is 1.27. The molecule has 0 saturated heterocycles. The van der Waals surface area contributed by atoms with E-state index < -0.39 is 0 Å². The van der Waals surface area contributed by atoms with Gasteiger partial charge in [-0.3, -0.25) is 4.68 Å². The predicted molar refractivity (Wildman–Crippen MR) is 40.6 cm³/mol. The van der Waals surface area contributed by atoms with Crippen LogP contribution in [0.3, 0.4) is 0 Å². The maximum Gasteiger partial charge on any atom is 0.0723 e. The molecule has 0 radical (unpaired) electrons. The van der Waals surface area contributed by atoms with Gasteiger partial charge in [-0.15, -0.1) is 0 Å². The van der Waals surface area contributed by atoms with Crippen LogP contribution in [0.25, 0.3) is 0 Å². The van der Waals surface area contributed by atoms with Crippen molar-refractivity contribution in [2.75, 3.05) is 0 Å². The molecule has 0 aromatic carbocycles. The van der Waals surface area contributed by atoms with E-state index in [4.69, 9.17) is 0 Å². The normalized spacial score (nSPS) is 10.1.